The molecule has 0 radical (unpaired) electrons. The van der Waals surface area contributed by atoms with Crippen LogP contribution in [0.5, 0.6) is 0 Å². The summed E-state index contributed by atoms with van der Waals surface area (Å²) >= 11 is 5.74. The second-order valence-electron chi connectivity index (χ2n) is 4.37. The van der Waals surface area contributed by atoms with Crippen molar-refractivity contribution in [1.82, 2.24) is 4.72 Å². The lowest BCUT2D eigenvalue weighted by molar-refractivity contribution is 0.182. The normalized spacial score (nSPS) is 13.1. The van der Waals surface area contributed by atoms with Gasteiger partial charge in [0.2, 0.25) is 10.0 Å². The minimum Gasteiger partial charge on any atom is -0.387 e. The Hall–Kier alpha value is -1.47. The molecule has 0 spiro atoms. The Kier molecular flexibility index (Phi) is 4.95. The molecule has 2 aromatic carbocycles. The van der Waals surface area contributed by atoms with E-state index in [1.54, 1.807) is 24.3 Å². The Morgan fingerprint density at radius 2 is 1.67 bits per heavy atom. The maximum atomic E-state index is 12.8. The molecule has 0 aliphatic heterocycles. The molecule has 0 saturated carbocycles. The Balaban J connectivity index is 2.04. The van der Waals surface area contributed by atoms with Gasteiger partial charge in [-0.2, -0.15) is 0 Å². The van der Waals surface area contributed by atoms with Crippen molar-refractivity contribution in [3.05, 3.63) is 64.9 Å². The van der Waals surface area contributed by atoms with E-state index in [9.17, 15) is 17.9 Å². The Morgan fingerprint density at radius 3 is 2.24 bits per heavy atom. The average Bonchev–Trinajstić information content (AvgIpc) is 2.46. The number of hydrogen-bond acceptors (Lipinski definition) is 3. The molecular weight excluding hydrogens is 317 g/mol. The molecule has 0 heterocycles. The molecule has 21 heavy (non-hydrogen) atoms. The van der Waals surface area contributed by atoms with Gasteiger partial charge in [-0.25, -0.2) is 17.5 Å². The highest BCUT2D eigenvalue weighted by Crippen LogP contribution is 2.17. The van der Waals surface area contributed by atoms with Crippen LogP contribution in [0.4, 0.5) is 4.39 Å². The van der Waals surface area contributed by atoms with Crippen molar-refractivity contribution in [2.24, 2.45) is 0 Å². The third kappa shape index (κ3) is 4.25. The lowest BCUT2D eigenvalue weighted by atomic mass is 10.1. The minimum absolute atomic E-state index is 0.0628. The van der Waals surface area contributed by atoms with E-state index >= 15 is 0 Å². The molecule has 1 unspecified atom stereocenters. The zero-order chi connectivity index (χ0) is 15.5. The summed E-state index contributed by atoms with van der Waals surface area (Å²) in [7, 11) is -3.79. The van der Waals surface area contributed by atoms with E-state index in [1.165, 1.54) is 0 Å². The molecule has 0 saturated heterocycles. The Morgan fingerprint density at radius 1 is 1.10 bits per heavy atom. The molecule has 0 aliphatic carbocycles. The monoisotopic (exact) mass is 329 g/mol. The third-order valence-corrected chi connectivity index (χ3v) is 4.54. The number of benzene rings is 2. The Bertz CT molecular complexity index is 702. The minimum atomic E-state index is -3.79. The topological polar surface area (TPSA) is 66.4 Å². The molecular formula is C14H13ClFNO3S. The Labute approximate surface area is 127 Å². The molecule has 1 atom stereocenters. The van der Waals surface area contributed by atoms with Crippen molar-refractivity contribution in [1.29, 1.82) is 0 Å². The molecule has 0 aliphatic rings. The first-order valence-corrected chi connectivity index (χ1v) is 7.93. The van der Waals surface area contributed by atoms with Crippen molar-refractivity contribution < 1.29 is 17.9 Å². The van der Waals surface area contributed by atoms with Crippen LogP contribution in [0.2, 0.25) is 5.02 Å². The summed E-state index contributed by atoms with van der Waals surface area (Å²) in [6.07, 6.45) is -1.00. The van der Waals surface area contributed by atoms with E-state index < -0.39 is 21.9 Å². The summed E-state index contributed by atoms with van der Waals surface area (Å²) in [6.45, 7) is -0.193. The quantitative estimate of drug-likeness (QED) is 0.885. The van der Waals surface area contributed by atoms with Crippen LogP contribution in [-0.4, -0.2) is 20.1 Å². The number of rotatable bonds is 5. The molecule has 112 valence electrons. The first-order valence-electron chi connectivity index (χ1n) is 6.07. The number of nitrogens with one attached hydrogen (secondary N) is 1. The molecule has 4 nitrogen and oxygen atoms in total. The van der Waals surface area contributed by atoms with E-state index in [4.69, 9.17) is 11.6 Å². The van der Waals surface area contributed by atoms with Crippen molar-refractivity contribution >= 4 is 21.6 Å². The highest BCUT2D eigenvalue weighted by molar-refractivity contribution is 7.89. The van der Waals surface area contributed by atoms with E-state index in [0.29, 0.717) is 10.6 Å². The summed E-state index contributed by atoms with van der Waals surface area (Å²) in [6, 6.07) is 10.9. The van der Waals surface area contributed by atoms with Gasteiger partial charge in [-0.3, -0.25) is 0 Å². The number of hydrogen-bond donors (Lipinski definition) is 2. The third-order valence-electron chi connectivity index (χ3n) is 2.85. The average molecular weight is 330 g/mol. The van der Waals surface area contributed by atoms with Gasteiger partial charge in [0.1, 0.15) is 5.82 Å². The summed E-state index contributed by atoms with van der Waals surface area (Å²) < 4.78 is 39.0. The van der Waals surface area contributed by atoms with Crippen LogP contribution in [0.3, 0.4) is 0 Å². The van der Waals surface area contributed by atoms with Gasteiger partial charge in [-0.15, -0.1) is 0 Å². The molecule has 2 rings (SSSR count). The van der Waals surface area contributed by atoms with Gasteiger partial charge >= 0.3 is 0 Å². The molecule has 0 bridgehead atoms. The van der Waals surface area contributed by atoms with Gasteiger partial charge in [-0.05, 0) is 42.0 Å². The van der Waals surface area contributed by atoms with Crippen LogP contribution in [-0.2, 0) is 10.0 Å². The van der Waals surface area contributed by atoms with Crippen molar-refractivity contribution in [3.63, 3.8) is 0 Å². The number of halogens is 2. The summed E-state index contributed by atoms with van der Waals surface area (Å²) in [4.78, 5) is -0.0628. The fraction of sp³-hybridized carbons (Fsp3) is 0.143. The van der Waals surface area contributed by atoms with Gasteiger partial charge in [0, 0.05) is 11.6 Å². The van der Waals surface area contributed by atoms with Crippen LogP contribution in [0, 0.1) is 5.82 Å². The van der Waals surface area contributed by atoms with Gasteiger partial charge in [0.25, 0.3) is 0 Å². The van der Waals surface area contributed by atoms with Gasteiger partial charge in [0.15, 0.2) is 0 Å². The fourth-order valence-electron chi connectivity index (χ4n) is 1.69. The van der Waals surface area contributed by atoms with Crippen molar-refractivity contribution in [3.8, 4) is 0 Å². The highest BCUT2D eigenvalue weighted by atomic mass is 35.5. The summed E-state index contributed by atoms with van der Waals surface area (Å²) in [5.41, 5.74) is 0.543. The first kappa shape index (κ1) is 15.9. The van der Waals surface area contributed by atoms with E-state index in [-0.39, 0.29) is 11.4 Å². The molecule has 2 N–H and O–H groups in total. The molecule has 0 aromatic heterocycles. The molecule has 0 fully saturated rings. The van der Waals surface area contributed by atoms with Crippen LogP contribution in [0.1, 0.15) is 11.7 Å². The number of aliphatic hydroxyl groups is 1. The van der Waals surface area contributed by atoms with Gasteiger partial charge in [-0.1, -0.05) is 23.7 Å². The predicted octanol–water partition coefficient (Wildman–Crippen LogP) is 2.49. The molecule has 2 aromatic rings. The predicted molar refractivity (Wildman–Crippen MR) is 78.0 cm³/mol. The zero-order valence-electron chi connectivity index (χ0n) is 10.8. The van der Waals surface area contributed by atoms with E-state index in [2.05, 4.69) is 4.72 Å². The van der Waals surface area contributed by atoms with Crippen LogP contribution < -0.4 is 4.72 Å². The maximum absolute atomic E-state index is 12.8. The maximum Gasteiger partial charge on any atom is 0.240 e. The summed E-state index contributed by atoms with van der Waals surface area (Å²) in [5, 5.41) is 10.5. The second-order valence-corrected chi connectivity index (χ2v) is 6.58. The van der Waals surface area contributed by atoms with Crippen molar-refractivity contribution in [2.45, 2.75) is 11.0 Å². The van der Waals surface area contributed by atoms with Gasteiger partial charge < -0.3 is 5.11 Å². The van der Waals surface area contributed by atoms with Crippen LogP contribution in [0.25, 0.3) is 0 Å². The first-order chi connectivity index (χ1) is 9.88. The second kappa shape index (κ2) is 6.53. The fourth-order valence-corrected chi connectivity index (χ4v) is 2.85. The zero-order valence-corrected chi connectivity index (χ0v) is 12.4. The summed E-state index contributed by atoms with van der Waals surface area (Å²) in [5.74, 6) is -0.518. The molecule has 7 heteroatoms. The largest absolute Gasteiger partial charge is 0.387 e. The lowest BCUT2D eigenvalue weighted by Crippen LogP contribution is -2.28. The van der Waals surface area contributed by atoms with Crippen molar-refractivity contribution in [2.75, 3.05) is 6.54 Å². The van der Waals surface area contributed by atoms with E-state index in [0.717, 1.165) is 24.3 Å². The molecule has 0 amide bonds. The SMILES string of the molecule is O=S(=O)(NCC(O)c1ccc(Cl)cc1)c1ccc(F)cc1. The van der Waals surface area contributed by atoms with Crippen LogP contribution >= 0.6 is 11.6 Å². The van der Waals surface area contributed by atoms with E-state index in [1.807, 2.05) is 0 Å². The lowest BCUT2D eigenvalue weighted by Gasteiger charge is -2.12. The number of aliphatic hydroxyl groups excluding tert-OH is 1. The number of sulfonamides is 1. The smallest absolute Gasteiger partial charge is 0.240 e. The van der Waals surface area contributed by atoms with Crippen LogP contribution in [0.15, 0.2) is 53.4 Å². The highest BCUT2D eigenvalue weighted by Gasteiger charge is 2.16. The standard InChI is InChI=1S/C14H13ClFNO3S/c15-11-3-1-10(2-4-11)14(18)9-17-21(19,20)13-7-5-12(16)6-8-13/h1-8,14,17-18H,9H2. The van der Waals surface area contributed by atoms with Gasteiger partial charge in [0.05, 0.1) is 11.0 Å².